The largest absolute Gasteiger partial charge is 3.00 e. The molecule has 0 saturated heterocycles. The number of benzene rings is 2. The van der Waals surface area contributed by atoms with Crippen molar-refractivity contribution in [1.82, 2.24) is 0 Å². The van der Waals surface area contributed by atoms with Crippen molar-refractivity contribution >= 4 is 54.8 Å². The van der Waals surface area contributed by atoms with Crippen LogP contribution in [0.15, 0.2) is 130 Å². The Balaban J connectivity index is -0.000000287. The van der Waals surface area contributed by atoms with E-state index in [9.17, 15) is 9.59 Å². The van der Waals surface area contributed by atoms with Crippen molar-refractivity contribution in [3.63, 3.8) is 0 Å². The maximum absolute atomic E-state index is 11.5. The van der Waals surface area contributed by atoms with Gasteiger partial charge >= 0.3 is 40.4 Å². The van der Waals surface area contributed by atoms with Crippen LogP contribution in [0.1, 0.15) is 6.92 Å². The SMILES string of the molecule is CC#N.O=C1C=CC(Br)=C/C1=C/Nc1ccccc1.O=C1C=CC(Br)=C/C1=C/Nc1ccccc1.O=[N+]([O-])[O-].O=[N+]([O-])[O-].O=[N+]([O-])[O-].[OH3+].[Sm+3]. The Kier molecular flexibility index (Phi) is 33.1. The van der Waals surface area contributed by atoms with Crippen molar-refractivity contribution in [1.29, 1.82) is 5.26 Å². The van der Waals surface area contributed by atoms with Gasteiger partial charge in [-0.3, -0.25) is 9.59 Å². The van der Waals surface area contributed by atoms with Crippen molar-refractivity contribution in [2.24, 2.45) is 0 Å². The molecule has 2 aromatic carbocycles. The minimum Gasteiger partial charge on any atom is -0.457 e. The molecule has 49 heavy (non-hydrogen) atoms. The van der Waals surface area contributed by atoms with Gasteiger partial charge < -0.3 is 62.1 Å². The number of hydrogen-bond acceptors (Lipinski definition) is 14. The molecule has 2 aromatic rings. The first-order chi connectivity index (χ1) is 22.1. The van der Waals surface area contributed by atoms with Gasteiger partial charge in [-0.2, -0.15) is 5.26 Å². The van der Waals surface area contributed by atoms with E-state index in [0.29, 0.717) is 11.1 Å². The van der Waals surface area contributed by atoms with Gasteiger partial charge in [0, 0.05) is 50.8 Å². The minimum absolute atomic E-state index is 0. The maximum atomic E-state index is 11.5. The number of nitriles is 1. The number of nitrogens with zero attached hydrogens (tertiary/aromatic N) is 4. The number of ketones is 2. The number of allylic oxidation sites excluding steroid dienone is 10. The fourth-order valence-corrected chi connectivity index (χ4v) is 3.41. The van der Waals surface area contributed by atoms with Crippen molar-refractivity contribution in [2.75, 3.05) is 10.6 Å². The molecule has 0 spiro atoms. The molecule has 5 N–H and O–H groups in total. The summed E-state index contributed by atoms with van der Waals surface area (Å²) in [6.07, 6.45) is 13.6. The number of carbonyl (C=O) groups is 2. The molecule has 2 aliphatic rings. The van der Waals surface area contributed by atoms with Gasteiger partial charge in [-0.1, -0.05) is 68.3 Å². The number of para-hydroxylation sites is 2. The molecule has 0 unspecified atom stereocenters. The molecule has 0 bridgehead atoms. The molecule has 18 nitrogen and oxygen atoms in total. The Bertz CT molecular complexity index is 1440. The van der Waals surface area contributed by atoms with Crippen LogP contribution in [-0.4, -0.2) is 26.8 Å². The average molecular weight is 949 g/mol. The van der Waals surface area contributed by atoms with Gasteiger partial charge in [-0.25, -0.2) is 0 Å². The Morgan fingerprint density at radius 2 is 0.878 bits per heavy atom. The Morgan fingerprint density at radius 1 is 0.633 bits per heavy atom. The topological polar surface area (TPSA) is 314 Å². The van der Waals surface area contributed by atoms with Crippen LogP contribution < -0.4 is 10.6 Å². The van der Waals surface area contributed by atoms with Crippen LogP contribution in [0, 0.1) is 97.7 Å². The summed E-state index contributed by atoms with van der Waals surface area (Å²) >= 11 is 6.67. The van der Waals surface area contributed by atoms with Crippen LogP contribution in [0.25, 0.3) is 0 Å². The van der Waals surface area contributed by atoms with Crippen molar-refractivity contribution < 1.29 is 70.7 Å². The molecule has 0 fully saturated rings. The summed E-state index contributed by atoms with van der Waals surface area (Å²) in [6.45, 7) is 1.43. The van der Waals surface area contributed by atoms with E-state index in [1.807, 2.05) is 60.7 Å². The van der Waals surface area contributed by atoms with Crippen molar-refractivity contribution in [2.45, 2.75) is 6.92 Å². The zero-order valence-corrected chi connectivity index (χ0v) is 30.7. The monoisotopic (exact) mass is 948 g/mol. The molecule has 0 aliphatic heterocycles. The molecule has 0 atom stereocenters. The zero-order valence-electron chi connectivity index (χ0n) is 24.9. The average Bonchev–Trinajstić information content (AvgIpc) is 2.99. The number of nitrogens with one attached hydrogen (secondary N) is 2. The van der Waals surface area contributed by atoms with Gasteiger partial charge in [-0.05, 0) is 60.7 Å². The van der Waals surface area contributed by atoms with Gasteiger partial charge in [0.2, 0.25) is 0 Å². The summed E-state index contributed by atoms with van der Waals surface area (Å²) in [7, 11) is 0. The van der Waals surface area contributed by atoms with Gasteiger partial charge in [0.1, 0.15) is 0 Å². The molecule has 21 heteroatoms. The van der Waals surface area contributed by atoms with E-state index in [1.165, 1.54) is 6.92 Å². The zero-order chi connectivity index (χ0) is 36.2. The quantitative estimate of drug-likeness (QED) is 0.161. The van der Waals surface area contributed by atoms with E-state index in [-0.39, 0.29) is 57.4 Å². The molecule has 0 aromatic heterocycles. The Hall–Kier alpha value is -4.83. The summed E-state index contributed by atoms with van der Waals surface area (Å²) in [6, 6.07) is 21.2. The van der Waals surface area contributed by atoms with Crippen molar-refractivity contribution in [3.05, 3.63) is 176 Å². The van der Waals surface area contributed by atoms with Crippen LogP contribution in [0.5, 0.6) is 0 Å². The molecular weight excluding hydrogens is 923 g/mol. The number of rotatable bonds is 4. The fourth-order valence-electron chi connectivity index (χ4n) is 2.66. The van der Waals surface area contributed by atoms with E-state index in [0.717, 1.165) is 20.3 Å². The molecule has 1 radical (unpaired) electrons. The maximum Gasteiger partial charge on any atom is 3.00 e. The van der Waals surface area contributed by atoms with E-state index in [2.05, 4.69) is 42.5 Å². The van der Waals surface area contributed by atoms with Crippen molar-refractivity contribution in [3.8, 4) is 6.07 Å². The molecule has 0 saturated carbocycles. The van der Waals surface area contributed by atoms with Crippen LogP contribution >= 0.6 is 31.9 Å². The predicted octanol–water partition coefficient (Wildman–Crippen LogP) is 5.69. The number of hydrogen-bond donors (Lipinski definition) is 2. The summed E-state index contributed by atoms with van der Waals surface area (Å²) in [4.78, 5) is 47.8. The third-order valence-corrected chi connectivity index (χ3v) is 5.27. The van der Waals surface area contributed by atoms with Gasteiger partial charge in [0.15, 0.2) is 11.6 Å². The second-order valence-corrected chi connectivity index (χ2v) is 9.40. The fraction of sp³-hybridized carbons (Fsp3) is 0.0357. The predicted molar refractivity (Wildman–Crippen MR) is 186 cm³/mol. The second-order valence-electron chi connectivity index (χ2n) is 7.57. The first-order valence-electron chi connectivity index (χ1n) is 12.1. The standard InChI is InChI=1S/2C13H10BrNO.C2H3N.3NO3.H2O.Sm/c2*14-11-6-7-13(16)10(8-11)9-15-12-4-2-1-3-5-12;1-2-3;3*2-1(3)4;;/h2*1-9,15H;1H3;;;;1H2;/q;;;3*-1;;+3/p+1/b2*10-9-;;;;;;. The van der Waals surface area contributed by atoms with Crippen LogP contribution in [0.4, 0.5) is 11.4 Å². The van der Waals surface area contributed by atoms with Crippen LogP contribution in [-0.2, 0) is 15.1 Å². The normalized spacial score (nSPS) is 13.0. The molecule has 4 rings (SSSR count). The summed E-state index contributed by atoms with van der Waals surface area (Å²) in [5, 5.41) is 57.7. The summed E-state index contributed by atoms with van der Waals surface area (Å²) in [5.41, 5.74) is 3.19. The smallest absolute Gasteiger partial charge is 0.457 e. The Labute approximate surface area is 327 Å². The number of carbonyl (C=O) groups excluding carboxylic acids is 2. The molecular formula is C28H26Br2N6O12Sm+. The summed E-state index contributed by atoms with van der Waals surface area (Å²) < 4.78 is 1.79. The third-order valence-electron chi connectivity index (χ3n) is 4.28. The van der Waals surface area contributed by atoms with E-state index < -0.39 is 15.3 Å². The van der Waals surface area contributed by atoms with E-state index in [1.54, 1.807) is 54.9 Å². The van der Waals surface area contributed by atoms with Gasteiger partial charge in [0.05, 0.1) is 21.3 Å². The van der Waals surface area contributed by atoms with Gasteiger partial charge in [-0.15, -0.1) is 0 Å². The number of anilines is 2. The Morgan fingerprint density at radius 3 is 1.12 bits per heavy atom. The molecule has 0 heterocycles. The first-order valence-corrected chi connectivity index (χ1v) is 13.7. The van der Waals surface area contributed by atoms with Crippen LogP contribution in [0.3, 0.4) is 0 Å². The third kappa shape index (κ3) is 32.9. The molecule has 0 amide bonds. The van der Waals surface area contributed by atoms with Gasteiger partial charge in [0.25, 0.3) is 0 Å². The molecule has 2 aliphatic carbocycles. The van der Waals surface area contributed by atoms with Crippen LogP contribution in [0.2, 0.25) is 0 Å². The number of halogens is 2. The molecule has 259 valence electrons. The van der Waals surface area contributed by atoms with E-state index >= 15 is 0 Å². The minimum atomic E-state index is -1.75. The second kappa shape index (κ2) is 31.8. The first kappa shape index (κ1) is 51.0. The summed E-state index contributed by atoms with van der Waals surface area (Å²) in [5.74, 6) is 0.0123. The van der Waals surface area contributed by atoms with E-state index in [4.69, 9.17) is 51.2 Å².